The van der Waals surface area contributed by atoms with E-state index in [0.29, 0.717) is 32.5 Å². The van der Waals surface area contributed by atoms with Gasteiger partial charge >= 0.3 is 6.03 Å². The van der Waals surface area contributed by atoms with E-state index in [-0.39, 0.29) is 12.1 Å². The average Bonchev–Trinajstić information content (AvgIpc) is 2.45. The van der Waals surface area contributed by atoms with Crippen molar-refractivity contribution in [1.82, 2.24) is 14.9 Å². The summed E-state index contributed by atoms with van der Waals surface area (Å²) in [5, 5.41) is 5.74. The van der Waals surface area contributed by atoms with Crippen LogP contribution in [0.2, 0.25) is 0 Å². The third kappa shape index (κ3) is 4.99. The van der Waals surface area contributed by atoms with Gasteiger partial charge in [0, 0.05) is 25.7 Å². The first-order valence-corrected chi connectivity index (χ1v) is 9.24. The number of sulfonamides is 1. The van der Waals surface area contributed by atoms with Crippen LogP contribution in [0.5, 0.6) is 0 Å². The lowest BCUT2D eigenvalue weighted by Crippen LogP contribution is -2.48. The van der Waals surface area contributed by atoms with E-state index in [1.165, 1.54) is 10.6 Å². The second-order valence-corrected chi connectivity index (χ2v) is 7.73. The van der Waals surface area contributed by atoms with E-state index in [1.807, 2.05) is 31.2 Å². The van der Waals surface area contributed by atoms with E-state index >= 15 is 0 Å². The molecule has 1 aliphatic rings. The highest BCUT2D eigenvalue weighted by atomic mass is 32.2. The Balaban J connectivity index is 1.74. The molecule has 22 heavy (non-hydrogen) atoms. The summed E-state index contributed by atoms with van der Waals surface area (Å²) in [6.07, 6.45) is 2.51. The summed E-state index contributed by atoms with van der Waals surface area (Å²) < 4.78 is 24.3. The van der Waals surface area contributed by atoms with Crippen molar-refractivity contribution >= 4 is 16.1 Å². The summed E-state index contributed by atoms with van der Waals surface area (Å²) in [6.45, 7) is 3.41. The van der Waals surface area contributed by atoms with Gasteiger partial charge in [0.1, 0.15) is 0 Å². The number of rotatable bonds is 4. The summed E-state index contributed by atoms with van der Waals surface area (Å²) in [5.41, 5.74) is 2.22. The number of nitrogens with one attached hydrogen (secondary N) is 2. The molecule has 6 nitrogen and oxygen atoms in total. The van der Waals surface area contributed by atoms with E-state index in [2.05, 4.69) is 10.6 Å². The van der Waals surface area contributed by atoms with Gasteiger partial charge in [-0.1, -0.05) is 29.8 Å². The zero-order valence-electron chi connectivity index (χ0n) is 13.0. The molecule has 0 saturated carbocycles. The van der Waals surface area contributed by atoms with Crippen LogP contribution in [0.25, 0.3) is 0 Å². The van der Waals surface area contributed by atoms with Crippen LogP contribution in [0.4, 0.5) is 4.79 Å². The van der Waals surface area contributed by atoms with Gasteiger partial charge < -0.3 is 10.6 Å². The fraction of sp³-hybridized carbons (Fsp3) is 0.533. The molecule has 0 aromatic heterocycles. The quantitative estimate of drug-likeness (QED) is 0.873. The van der Waals surface area contributed by atoms with Gasteiger partial charge in [-0.25, -0.2) is 17.5 Å². The Morgan fingerprint density at radius 1 is 1.32 bits per heavy atom. The van der Waals surface area contributed by atoms with Crippen LogP contribution >= 0.6 is 0 Å². The van der Waals surface area contributed by atoms with Gasteiger partial charge in [0.15, 0.2) is 0 Å². The van der Waals surface area contributed by atoms with E-state index < -0.39 is 10.0 Å². The number of nitrogens with zero attached hydrogens (tertiary/aromatic N) is 1. The minimum atomic E-state index is -3.12. The lowest BCUT2D eigenvalue weighted by molar-refractivity contribution is 0.227. The number of carbonyl (C=O) groups is 1. The van der Waals surface area contributed by atoms with Gasteiger partial charge in [0.05, 0.1) is 6.26 Å². The molecule has 0 spiro atoms. The topological polar surface area (TPSA) is 78.5 Å². The monoisotopic (exact) mass is 325 g/mol. The Morgan fingerprint density at radius 3 is 2.59 bits per heavy atom. The first-order valence-electron chi connectivity index (χ1n) is 7.39. The van der Waals surface area contributed by atoms with Crippen LogP contribution in [0.1, 0.15) is 24.0 Å². The maximum absolute atomic E-state index is 11.9. The lowest BCUT2D eigenvalue weighted by Gasteiger charge is -2.30. The molecule has 0 aliphatic carbocycles. The average molecular weight is 325 g/mol. The molecular weight excluding hydrogens is 302 g/mol. The molecule has 122 valence electrons. The second-order valence-electron chi connectivity index (χ2n) is 5.75. The Hall–Kier alpha value is -1.60. The van der Waals surface area contributed by atoms with Gasteiger partial charge in [-0.2, -0.15) is 0 Å². The molecule has 1 fully saturated rings. The van der Waals surface area contributed by atoms with Crippen molar-refractivity contribution in [1.29, 1.82) is 0 Å². The number of carbonyl (C=O) groups excluding carboxylic acids is 1. The zero-order valence-corrected chi connectivity index (χ0v) is 13.8. The molecule has 2 N–H and O–H groups in total. The Bertz CT molecular complexity index is 623. The van der Waals surface area contributed by atoms with E-state index in [9.17, 15) is 13.2 Å². The van der Waals surface area contributed by atoms with Crippen LogP contribution in [-0.2, 0) is 16.6 Å². The largest absolute Gasteiger partial charge is 0.335 e. The van der Waals surface area contributed by atoms with Gasteiger partial charge in [-0.05, 0) is 25.3 Å². The summed E-state index contributed by atoms with van der Waals surface area (Å²) in [7, 11) is -3.12. The maximum Gasteiger partial charge on any atom is 0.315 e. The highest BCUT2D eigenvalue weighted by Gasteiger charge is 2.25. The standard InChI is InChI=1S/C15H23N3O3S/c1-12-4-3-5-13(10-12)11-16-15(19)17-14-6-8-18(9-7-14)22(2,20)21/h3-5,10,14H,6-9,11H2,1-2H3,(H2,16,17,19). The molecule has 1 aromatic rings. The van der Waals surface area contributed by atoms with Crippen molar-refractivity contribution in [3.8, 4) is 0 Å². The number of amides is 2. The highest BCUT2D eigenvalue weighted by molar-refractivity contribution is 7.88. The molecule has 1 saturated heterocycles. The van der Waals surface area contributed by atoms with Gasteiger partial charge in [0.2, 0.25) is 10.0 Å². The summed E-state index contributed by atoms with van der Waals surface area (Å²) in [5.74, 6) is 0. The minimum absolute atomic E-state index is 0.0236. The van der Waals surface area contributed by atoms with Gasteiger partial charge in [-0.15, -0.1) is 0 Å². The van der Waals surface area contributed by atoms with Crippen molar-refractivity contribution < 1.29 is 13.2 Å². The van der Waals surface area contributed by atoms with E-state index in [1.54, 1.807) is 0 Å². The number of aryl methyl sites for hydroxylation is 1. The molecule has 2 amide bonds. The van der Waals surface area contributed by atoms with Crippen LogP contribution in [0.15, 0.2) is 24.3 Å². The first kappa shape index (κ1) is 16.8. The van der Waals surface area contributed by atoms with Crippen LogP contribution in [0.3, 0.4) is 0 Å². The molecule has 2 rings (SSSR count). The molecule has 1 aromatic carbocycles. The second kappa shape index (κ2) is 7.11. The van der Waals surface area contributed by atoms with Crippen molar-refractivity contribution in [2.75, 3.05) is 19.3 Å². The predicted molar refractivity (Wildman–Crippen MR) is 86.0 cm³/mol. The third-order valence-corrected chi connectivity index (χ3v) is 5.10. The third-order valence-electron chi connectivity index (χ3n) is 3.79. The summed E-state index contributed by atoms with van der Waals surface area (Å²) in [6, 6.07) is 7.79. The van der Waals surface area contributed by atoms with E-state index in [4.69, 9.17) is 0 Å². The van der Waals surface area contributed by atoms with Crippen LogP contribution in [0, 0.1) is 6.92 Å². The molecule has 7 heteroatoms. The number of urea groups is 1. The number of piperidine rings is 1. The number of hydrogen-bond donors (Lipinski definition) is 2. The SMILES string of the molecule is Cc1cccc(CNC(=O)NC2CCN(S(C)(=O)=O)CC2)c1. The van der Waals surface area contributed by atoms with Crippen molar-refractivity contribution in [2.45, 2.75) is 32.4 Å². The smallest absolute Gasteiger partial charge is 0.315 e. The fourth-order valence-electron chi connectivity index (χ4n) is 2.57. The van der Waals surface area contributed by atoms with Crippen LogP contribution in [-0.4, -0.2) is 44.1 Å². The van der Waals surface area contributed by atoms with Crippen molar-refractivity contribution in [2.24, 2.45) is 0 Å². The normalized spacial score (nSPS) is 17.2. The molecular formula is C15H23N3O3S. The molecule has 1 heterocycles. The highest BCUT2D eigenvalue weighted by Crippen LogP contribution is 2.13. The Labute approximate surface area is 131 Å². The lowest BCUT2D eigenvalue weighted by atomic mass is 10.1. The van der Waals surface area contributed by atoms with Crippen molar-refractivity contribution in [3.63, 3.8) is 0 Å². The number of hydrogen-bond acceptors (Lipinski definition) is 3. The number of benzene rings is 1. The summed E-state index contributed by atoms with van der Waals surface area (Å²) in [4.78, 5) is 11.9. The fourth-order valence-corrected chi connectivity index (χ4v) is 3.45. The molecule has 0 bridgehead atoms. The maximum atomic E-state index is 11.9. The zero-order chi connectivity index (χ0) is 16.2. The predicted octanol–water partition coefficient (Wildman–Crippen LogP) is 1.22. The summed E-state index contributed by atoms with van der Waals surface area (Å²) >= 11 is 0. The molecule has 0 atom stereocenters. The first-order chi connectivity index (χ1) is 10.3. The molecule has 0 unspecified atom stereocenters. The van der Waals surface area contributed by atoms with Gasteiger partial charge in [0.25, 0.3) is 0 Å². The molecule has 0 radical (unpaired) electrons. The van der Waals surface area contributed by atoms with Gasteiger partial charge in [-0.3, -0.25) is 0 Å². The van der Waals surface area contributed by atoms with Crippen LogP contribution < -0.4 is 10.6 Å². The Morgan fingerprint density at radius 2 is 2.00 bits per heavy atom. The van der Waals surface area contributed by atoms with Crippen molar-refractivity contribution in [3.05, 3.63) is 35.4 Å². The van der Waals surface area contributed by atoms with E-state index in [0.717, 1.165) is 11.1 Å². The minimum Gasteiger partial charge on any atom is -0.335 e. The Kier molecular flexibility index (Phi) is 5.42. The molecule has 1 aliphatic heterocycles.